The van der Waals surface area contributed by atoms with E-state index in [1.165, 1.54) is 50.7 Å². The lowest BCUT2D eigenvalue weighted by molar-refractivity contribution is -0.142. The van der Waals surface area contributed by atoms with Gasteiger partial charge in [-0.2, -0.15) is 0 Å². The number of carboxylic acids is 1. The van der Waals surface area contributed by atoms with Gasteiger partial charge in [-0.15, -0.1) is 0 Å². The number of nitrogens with one attached hydrogen (secondary N) is 6. The number of hydrogen-bond donors (Lipinski definition) is 7. The summed E-state index contributed by atoms with van der Waals surface area (Å²) in [6.45, 7) is 1.51. The maximum Gasteiger partial charge on any atom is 0.330 e. The number of fused-ring (bicyclic) bond motifs is 2. The molecule has 1 aliphatic carbocycles. The van der Waals surface area contributed by atoms with Crippen LogP contribution in [-0.4, -0.2) is 84.8 Å². The third kappa shape index (κ3) is 16.0. The molecule has 2 aliphatic rings. The second-order valence-electron chi connectivity index (χ2n) is 13.3. The molecule has 1 fully saturated rings. The molecule has 3 unspecified atom stereocenters. The van der Waals surface area contributed by atoms with Crippen LogP contribution in [0.5, 0.6) is 5.75 Å². The lowest BCUT2D eigenvalue weighted by Gasteiger charge is -2.23. The van der Waals surface area contributed by atoms with Crippen LogP contribution in [0, 0.1) is 0 Å². The van der Waals surface area contributed by atoms with Crippen molar-refractivity contribution in [2.75, 3.05) is 26.2 Å². The van der Waals surface area contributed by atoms with Crippen molar-refractivity contribution in [3.8, 4) is 5.75 Å². The first-order valence-corrected chi connectivity index (χ1v) is 18.8. The highest BCUT2D eigenvalue weighted by atomic mass is 16.5. The molecule has 0 saturated heterocycles. The topological polar surface area (TPSA) is 221 Å². The van der Waals surface area contributed by atoms with Crippen molar-refractivity contribution in [3.05, 3.63) is 65.7 Å². The van der Waals surface area contributed by atoms with Gasteiger partial charge in [0.1, 0.15) is 11.8 Å². The number of amides is 6. The van der Waals surface area contributed by atoms with Crippen LogP contribution in [0.2, 0.25) is 0 Å². The van der Waals surface area contributed by atoms with Crippen molar-refractivity contribution >= 4 is 41.4 Å². The van der Waals surface area contributed by atoms with Gasteiger partial charge < -0.3 is 41.7 Å². The van der Waals surface area contributed by atoms with Crippen LogP contribution in [-0.2, 0) is 35.2 Å². The van der Waals surface area contributed by atoms with Crippen molar-refractivity contribution in [2.24, 2.45) is 0 Å². The molecule has 4 rings (SSSR count). The van der Waals surface area contributed by atoms with Gasteiger partial charge in [0.2, 0.25) is 23.5 Å². The highest BCUT2D eigenvalue weighted by Crippen LogP contribution is 2.17. The van der Waals surface area contributed by atoms with E-state index in [9.17, 15) is 38.7 Å². The maximum absolute atomic E-state index is 13.5. The number of ketones is 1. The highest BCUT2D eigenvalue weighted by Gasteiger charge is 2.31. The third-order valence-corrected chi connectivity index (χ3v) is 8.80. The number of carboxylic acid groups (broad SMARTS) is 1. The molecule has 0 spiro atoms. The van der Waals surface area contributed by atoms with Gasteiger partial charge in [0, 0.05) is 13.0 Å². The predicted molar refractivity (Wildman–Crippen MR) is 200 cm³/mol. The van der Waals surface area contributed by atoms with Gasteiger partial charge in [-0.3, -0.25) is 24.0 Å². The van der Waals surface area contributed by atoms with Crippen LogP contribution in [0.15, 0.2) is 54.6 Å². The standard InChI is InChI=1S/C33H42N6O9.C6H12/c1-2-10-24(29(42)31(44)35-19-27(41)39-28(32(45)46)22-12-5-3-6-13-22)38-30(43)25-18-21-11-9-14-23(17-21)48-16-8-4-7-15-34-33(47)36-20-26(40)37-25;1-2-4-6-5-3-1/h3,5-6,9,11-14,17,24-25,28H,2,4,7-8,10,15-16,18-20H2,1H3,(H,35,44)(H,37,40)(H,38,43)(H,39,41)(H,45,46)(H2,34,36,47);1-6H2. The minimum atomic E-state index is -1.37. The number of Topliss-reactive ketones (excluding diaryl/α,β-unsaturated/α-hetero) is 1. The van der Waals surface area contributed by atoms with E-state index in [0.717, 1.165) is 19.3 Å². The molecular formula is C39H54N6O9. The molecule has 1 heterocycles. The molecule has 1 saturated carbocycles. The lowest BCUT2D eigenvalue weighted by atomic mass is 10.0. The lowest BCUT2D eigenvalue weighted by Crippen LogP contribution is -2.56. The quantitative estimate of drug-likeness (QED) is 0.168. The number of ether oxygens (including phenoxy) is 1. The molecule has 0 radical (unpaired) electrons. The molecule has 6 amide bonds. The molecule has 7 N–H and O–H groups in total. The molecule has 0 aromatic heterocycles. The number of carbonyl (C=O) groups excluding carboxylic acids is 6. The third-order valence-electron chi connectivity index (χ3n) is 8.80. The van der Waals surface area contributed by atoms with E-state index < -0.39 is 72.6 Å². The van der Waals surface area contributed by atoms with Crippen molar-refractivity contribution in [2.45, 2.75) is 102 Å². The van der Waals surface area contributed by atoms with Crippen LogP contribution >= 0.6 is 0 Å². The molecule has 2 aromatic carbocycles. The van der Waals surface area contributed by atoms with Crippen molar-refractivity contribution in [1.29, 1.82) is 0 Å². The van der Waals surface area contributed by atoms with E-state index in [0.29, 0.717) is 36.4 Å². The van der Waals surface area contributed by atoms with Crippen LogP contribution in [0.25, 0.3) is 0 Å². The van der Waals surface area contributed by atoms with Crippen molar-refractivity contribution in [1.82, 2.24) is 31.9 Å². The molecule has 294 valence electrons. The number of carbonyl (C=O) groups is 7. The Kier molecular flexibility index (Phi) is 19.1. The van der Waals surface area contributed by atoms with Gasteiger partial charge in [-0.05, 0) is 48.9 Å². The van der Waals surface area contributed by atoms with Crippen LogP contribution in [0.4, 0.5) is 4.79 Å². The van der Waals surface area contributed by atoms with Crippen LogP contribution in [0.3, 0.4) is 0 Å². The fourth-order valence-electron chi connectivity index (χ4n) is 5.91. The summed E-state index contributed by atoms with van der Waals surface area (Å²) in [7, 11) is 0. The Labute approximate surface area is 316 Å². The Morgan fingerprint density at radius 3 is 2.20 bits per heavy atom. The zero-order chi connectivity index (χ0) is 39.1. The van der Waals surface area contributed by atoms with Crippen LogP contribution in [0.1, 0.15) is 94.7 Å². The Morgan fingerprint density at radius 2 is 1.54 bits per heavy atom. The summed E-state index contributed by atoms with van der Waals surface area (Å²) in [6, 6.07) is 10.6. The summed E-state index contributed by atoms with van der Waals surface area (Å²) in [5.74, 6) is -5.17. The number of aliphatic carboxylic acids is 1. The van der Waals surface area contributed by atoms with E-state index in [1.807, 2.05) is 0 Å². The number of urea groups is 1. The molecule has 3 atom stereocenters. The number of hydrogen-bond acceptors (Lipinski definition) is 8. The SMILES string of the molecule is C1CCCCC1.CCCC(NC(=O)C1Cc2cccc(c2)OCCCCCNC(=O)NCC(=O)N1)C(=O)C(=O)NCC(=O)NC(C(=O)O)c1ccccc1. The summed E-state index contributed by atoms with van der Waals surface area (Å²) in [6.07, 6.45) is 11.8. The van der Waals surface area contributed by atoms with Crippen molar-refractivity contribution < 1.29 is 43.4 Å². The normalized spacial score (nSPS) is 17.8. The molecule has 2 bridgehead atoms. The summed E-state index contributed by atoms with van der Waals surface area (Å²) in [5, 5.41) is 24.3. The smallest absolute Gasteiger partial charge is 0.330 e. The second kappa shape index (κ2) is 24.0. The van der Waals surface area contributed by atoms with Gasteiger partial charge in [-0.25, -0.2) is 9.59 Å². The van der Waals surface area contributed by atoms with E-state index >= 15 is 0 Å². The maximum atomic E-state index is 13.5. The summed E-state index contributed by atoms with van der Waals surface area (Å²) in [4.78, 5) is 88.4. The van der Waals surface area contributed by atoms with Gasteiger partial charge >= 0.3 is 12.0 Å². The average molecular weight is 751 g/mol. The largest absolute Gasteiger partial charge is 0.494 e. The number of rotatable bonds is 11. The monoisotopic (exact) mass is 750 g/mol. The Morgan fingerprint density at radius 1 is 0.852 bits per heavy atom. The van der Waals surface area contributed by atoms with E-state index in [-0.39, 0.29) is 12.8 Å². The fourth-order valence-corrected chi connectivity index (χ4v) is 5.91. The first-order chi connectivity index (χ1) is 26.1. The first kappa shape index (κ1) is 42.9. The summed E-state index contributed by atoms with van der Waals surface area (Å²) < 4.78 is 5.82. The van der Waals surface area contributed by atoms with E-state index in [1.54, 1.807) is 49.4 Å². The zero-order valence-electron chi connectivity index (χ0n) is 31.0. The molecule has 54 heavy (non-hydrogen) atoms. The molecule has 1 aliphatic heterocycles. The predicted octanol–water partition coefficient (Wildman–Crippen LogP) is 2.83. The molecular weight excluding hydrogens is 696 g/mol. The average Bonchev–Trinajstić information content (AvgIpc) is 3.18. The Bertz CT molecular complexity index is 1540. The molecule has 15 heteroatoms. The fraction of sp³-hybridized carbons (Fsp3) is 0.513. The zero-order valence-corrected chi connectivity index (χ0v) is 31.0. The first-order valence-electron chi connectivity index (χ1n) is 18.8. The van der Waals surface area contributed by atoms with Gasteiger partial charge in [-0.1, -0.05) is 94.3 Å². The van der Waals surface area contributed by atoms with E-state index in [4.69, 9.17) is 4.74 Å². The Balaban J connectivity index is 0.00000118. The van der Waals surface area contributed by atoms with Crippen molar-refractivity contribution in [3.63, 3.8) is 0 Å². The summed E-state index contributed by atoms with van der Waals surface area (Å²) in [5.41, 5.74) is 0.969. The second-order valence-corrected chi connectivity index (χ2v) is 13.3. The molecule has 2 aromatic rings. The minimum Gasteiger partial charge on any atom is -0.494 e. The Hall–Kier alpha value is -5.47. The summed E-state index contributed by atoms with van der Waals surface area (Å²) >= 11 is 0. The molecule has 15 nitrogen and oxygen atoms in total. The minimum absolute atomic E-state index is 0.00648. The number of benzene rings is 2. The van der Waals surface area contributed by atoms with Gasteiger partial charge in [0.05, 0.1) is 25.7 Å². The highest BCUT2D eigenvalue weighted by molar-refractivity contribution is 6.38. The van der Waals surface area contributed by atoms with Crippen LogP contribution < -0.4 is 36.6 Å². The van der Waals surface area contributed by atoms with Gasteiger partial charge in [0.15, 0.2) is 6.04 Å². The van der Waals surface area contributed by atoms with E-state index in [2.05, 4.69) is 31.9 Å². The van der Waals surface area contributed by atoms with Gasteiger partial charge in [0.25, 0.3) is 5.91 Å².